The molecule has 0 aliphatic carbocycles. The third-order valence-electron chi connectivity index (χ3n) is 4.58. The fourth-order valence-corrected chi connectivity index (χ4v) is 4.79. The molecule has 0 bridgehead atoms. The number of carbonyl (C=O) groups is 1. The van der Waals surface area contributed by atoms with E-state index in [-0.39, 0.29) is 11.5 Å². The molecule has 0 radical (unpaired) electrons. The lowest BCUT2D eigenvalue weighted by Gasteiger charge is -2.20. The van der Waals surface area contributed by atoms with Gasteiger partial charge >= 0.3 is 5.97 Å². The van der Waals surface area contributed by atoms with E-state index in [9.17, 15) is 13.2 Å². The second-order valence-corrected chi connectivity index (χ2v) is 9.40. The molecule has 1 heterocycles. The summed E-state index contributed by atoms with van der Waals surface area (Å²) >= 11 is 3.36. The molecule has 27 heavy (non-hydrogen) atoms. The minimum atomic E-state index is -3.51. The van der Waals surface area contributed by atoms with Crippen molar-refractivity contribution in [1.29, 1.82) is 0 Å². The number of sulfonamides is 1. The molecule has 1 aliphatic heterocycles. The van der Waals surface area contributed by atoms with E-state index in [0.29, 0.717) is 18.7 Å². The first-order valence-electron chi connectivity index (χ1n) is 8.98. The lowest BCUT2D eigenvalue weighted by Crippen LogP contribution is -2.31. The summed E-state index contributed by atoms with van der Waals surface area (Å²) in [5.74, 6) is -0.475. The standard InChI is InChI=1S/C20H22BrNO4S/c21-18-9-5-16(6-10-18)15-26-20(23)17-7-11-19(12-8-17)27(24,25)22-13-3-1-2-4-14-22/h5-12H,1-4,13-15H2. The van der Waals surface area contributed by atoms with E-state index in [0.717, 1.165) is 35.7 Å². The first-order chi connectivity index (χ1) is 13.0. The monoisotopic (exact) mass is 451 g/mol. The molecule has 0 N–H and O–H groups in total. The van der Waals surface area contributed by atoms with Crippen molar-refractivity contribution in [2.75, 3.05) is 13.1 Å². The van der Waals surface area contributed by atoms with Crippen molar-refractivity contribution in [3.05, 3.63) is 64.1 Å². The highest BCUT2D eigenvalue weighted by atomic mass is 79.9. The van der Waals surface area contributed by atoms with Crippen LogP contribution < -0.4 is 0 Å². The van der Waals surface area contributed by atoms with Crippen molar-refractivity contribution in [3.63, 3.8) is 0 Å². The smallest absolute Gasteiger partial charge is 0.338 e. The Morgan fingerprint density at radius 3 is 2.11 bits per heavy atom. The third kappa shape index (κ3) is 5.18. The second kappa shape index (κ2) is 8.99. The van der Waals surface area contributed by atoms with E-state index in [2.05, 4.69) is 15.9 Å². The Labute approximate surface area is 168 Å². The minimum absolute atomic E-state index is 0.167. The van der Waals surface area contributed by atoms with Crippen molar-refractivity contribution in [2.45, 2.75) is 37.2 Å². The summed E-state index contributed by atoms with van der Waals surface area (Å²) < 4.78 is 33.3. The summed E-state index contributed by atoms with van der Waals surface area (Å²) in [7, 11) is -3.51. The van der Waals surface area contributed by atoms with Gasteiger partial charge in [-0.3, -0.25) is 0 Å². The van der Waals surface area contributed by atoms with Crippen molar-refractivity contribution in [3.8, 4) is 0 Å². The maximum Gasteiger partial charge on any atom is 0.338 e. The normalized spacial score (nSPS) is 15.9. The van der Waals surface area contributed by atoms with Crippen LogP contribution in [0.5, 0.6) is 0 Å². The molecule has 1 saturated heterocycles. The predicted molar refractivity (Wildman–Crippen MR) is 107 cm³/mol. The molecule has 2 aromatic carbocycles. The van der Waals surface area contributed by atoms with Gasteiger partial charge in [-0.2, -0.15) is 4.31 Å². The Morgan fingerprint density at radius 2 is 1.52 bits per heavy atom. The van der Waals surface area contributed by atoms with Crippen LogP contribution in [0.3, 0.4) is 0 Å². The van der Waals surface area contributed by atoms with Gasteiger partial charge in [0.1, 0.15) is 6.61 Å². The molecule has 0 amide bonds. The molecule has 7 heteroatoms. The summed E-state index contributed by atoms with van der Waals surface area (Å²) in [5.41, 5.74) is 1.22. The van der Waals surface area contributed by atoms with Gasteiger partial charge in [-0.05, 0) is 54.8 Å². The highest BCUT2D eigenvalue weighted by Crippen LogP contribution is 2.21. The molecule has 0 spiro atoms. The zero-order chi connectivity index (χ0) is 19.3. The second-order valence-electron chi connectivity index (χ2n) is 6.55. The van der Waals surface area contributed by atoms with Gasteiger partial charge in [0, 0.05) is 17.6 Å². The molecular formula is C20H22BrNO4S. The van der Waals surface area contributed by atoms with Crippen LogP contribution >= 0.6 is 15.9 Å². The van der Waals surface area contributed by atoms with Crippen molar-refractivity contribution >= 4 is 31.9 Å². The third-order valence-corrected chi connectivity index (χ3v) is 7.02. The summed E-state index contributed by atoms with van der Waals surface area (Å²) in [6.45, 7) is 1.28. The lowest BCUT2D eigenvalue weighted by atomic mass is 10.2. The topological polar surface area (TPSA) is 63.7 Å². The molecule has 5 nitrogen and oxygen atoms in total. The molecule has 3 rings (SSSR count). The van der Waals surface area contributed by atoms with Crippen molar-refractivity contribution in [2.24, 2.45) is 0 Å². The Balaban J connectivity index is 1.65. The molecular weight excluding hydrogens is 430 g/mol. The zero-order valence-corrected chi connectivity index (χ0v) is 17.3. The molecule has 1 aliphatic rings. The highest BCUT2D eigenvalue weighted by Gasteiger charge is 2.25. The Morgan fingerprint density at radius 1 is 0.926 bits per heavy atom. The number of benzene rings is 2. The van der Waals surface area contributed by atoms with E-state index in [4.69, 9.17) is 4.74 Å². The molecule has 0 atom stereocenters. The van der Waals surface area contributed by atoms with Crippen LogP contribution in [-0.2, 0) is 21.4 Å². The van der Waals surface area contributed by atoms with Crippen LogP contribution in [0.4, 0.5) is 0 Å². The number of nitrogens with zero attached hydrogens (tertiary/aromatic N) is 1. The number of ether oxygens (including phenoxy) is 1. The number of halogens is 1. The zero-order valence-electron chi connectivity index (χ0n) is 14.9. The maximum absolute atomic E-state index is 12.8. The van der Waals surface area contributed by atoms with Crippen LogP contribution in [-0.4, -0.2) is 31.8 Å². The summed E-state index contributed by atoms with van der Waals surface area (Å²) in [6.07, 6.45) is 3.91. The number of hydrogen-bond acceptors (Lipinski definition) is 4. The van der Waals surface area contributed by atoms with Crippen LogP contribution in [0.25, 0.3) is 0 Å². The van der Waals surface area contributed by atoms with Crippen molar-refractivity contribution < 1.29 is 17.9 Å². The van der Waals surface area contributed by atoms with E-state index < -0.39 is 16.0 Å². The van der Waals surface area contributed by atoms with Gasteiger partial charge in [0.25, 0.3) is 0 Å². The summed E-state index contributed by atoms with van der Waals surface area (Å²) in [5, 5.41) is 0. The largest absolute Gasteiger partial charge is 0.457 e. The average molecular weight is 452 g/mol. The summed E-state index contributed by atoms with van der Waals surface area (Å²) in [6, 6.07) is 13.5. The molecule has 0 unspecified atom stereocenters. The Kier molecular flexibility index (Phi) is 6.68. The van der Waals surface area contributed by atoms with Gasteiger partial charge < -0.3 is 4.74 Å². The average Bonchev–Trinajstić information content (AvgIpc) is 2.97. The van der Waals surface area contributed by atoms with Gasteiger partial charge in [-0.1, -0.05) is 40.9 Å². The van der Waals surface area contributed by atoms with Crippen LogP contribution in [0.2, 0.25) is 0 Å². The fraction of sp³-hybridized carbons (Fsp3) is 0.350. The predicted octanol–water partition coefficient (Wildman–Crippen LogP) is 4.37. The van der Waals surface area contributed by atoms with Gasteiger partial charge in [-0.15, -0.1) is 0 Å². The first-order valence-corrected chi connectivity index (χ1v) is 11.2. The van der Waals surface area contributed by atoms with Gasteiger partial charge in [0.05, 0.1) is 10.5 Å². The van der Waals surface area contributed by atoms with E-state index in [1.807, 2.05) is 24.3 Å². The van der Waals surface area contributed by atoms with Crippen LogP contribution in [0.1, 0.15) is 41.6 Å². The summed E-state index contributed by atoms with van der Waals surface area (Å²) in [4.78, 5) is 12.4. The van der Waals surface area contributed by atoms with E-state index in [1.165, 1.54) is 24.3 Å². The quantitative estimate of drug-likeness (QED) is 0.632. The number of carbonyl (C=O) groups excluding carboxylic acids is 1. The molecule has 0 saturated carbocycles. The van der Waals surface area contributed by atoms with Gasteiger partial charge in [0.15, 0.2) is 0 Å². The van der Waals surface area contributed by atoms with Crippen LogP contribution in [0.15, 0.2) is 57.9 Å². The number of hydrogen-bond donors (Lipinski definition) is 0. The maximum atomic E-state index is 12.8. The van der Waals surface area contributed by atoms with E-state index in [1.54, 1.807) is 4.31 Å². The highest BCUT2D eigenvalue weighted by molar-refractivity contribution is 9.10. The molecule has 0 aromatic heterocycles. The van der Waals surface area contributed by atoms with Gasteiger partial charge in [0.2, 0.25) is 10.0 Å². The Bertz CT molecular complexity index is 871. The number of esters is 1. The number of rotatable bonds is 5. The molecule has 2 aromatic rings. The first kappa shape index (κ1) is 20.0. The fourth-order valence-electron chi connectivity index (χ4n) is 3.01. The Hall–Kier alpha value is -1.70. The SMILES string of the molecule is O=C(OCc1ccc(Br)cc1)c1ccc(S(=O)(=O)N2CCCCCC2)cc1. The van der Waals surface area contributed by atoms with Crippen molar-refractivity contribution in [1.82, 2.24) is 4.31 Å². The lowest BCUT2D eigenvalue weighted by molar-refractivity contribution is 0.0472. The molecule has 144 valence electrons. The van der Waals surface area contributed by atoms with E-state index >= 15 is 0 Å². The van der Waals surface area contributed by atoms with Gasteiger partial charge in [-0.25, -0.2) is 13.2 Å². The minimum Gasteiger partial charge on any atom is -0.457 e. The molecule has 1 fully saturated rings. The van der Waals surface area contributed by atoms with Crippen LogP contribution in [0, 0.1) is 0 Å².